The fourth-order valence-corrected chi connectivity index (χ4v) is 3.62. The van der Waals surface area contributed by atoms with E-state index in [1.807, 2.05) is 19.9 Å². The first kappa shape index (κ1) is 23.5. The maximum absolute atomic E-state index is 12.9. The summed E-state index contributed by atoms with van der Waals surface area (Å²) in [5.41, 5.74) is 2.59. The number of hydrogen-bond acceptors (Lipinski definition) is 4. The number of aromatic nitrogens is 1. The molecule has 7 nitrogen and oxygen atoms in total. The smallest absolute Gasteiger partial charge is 0.407 e. The quantitative estimate of drug-likeness (QED) is 0.586. The lowest BCUT2D eigenvalue weighted by Crippen LogP contribution is -2.41. The van der Waals surface area contributed by atoms with Crippen molar-refractivity contribution < 1.29 is 14.3 Å². The van der Waals surface area contributed by atoms with Gasteiger partial charge in [0, 0.05) is 31.0 Å². The zero-order chi connectivity index (χ0) is 22.6. The third-order valence-electron chi connectivity index (χ3n) is 5.01. The predicted molar refractivity (Wildman–Crippen MR) is 117 cm³/mol. The molecule has 1 aliphatic rings. The number of nitriles is 1. The predicted octanol–water partition coefficient (Wildman–Crippen LogP) is 3.79. The number of hydrogen-bond donors (Lipinski definition) is 1. The van der Waals surface area contributed by atoms with Crippen molar-refractivity contribution in [2.75, 3.05) is 13.1 Å². The normalized spacial score (nSPS) is 17.2. The van der Waals surface area contributed by atoms with E-state index in [1.165, 1.54) is 0 Å². The highest BCUT2D eigenvalue weighted by atomic mass is 16.6. The molecule has 0 saturated carbocycles. The maximum atomic E-state index is 12.9. The van der Waals surface area contributed by atoms with Gasteiger partial charge in [-0.05, 0) is 64.7 Å². The first-order valence-electron chi connectivity index (χ1n) is 10.5. The minimum atomic E-state index is -0.573. The zero-order valence-corrected chi connectivity index (χ0v) is 19.2. The summed E-state index contributed by atoms with van der Waals surface area (Å²) in [5.74, 6) is 0.197. The molecule has 164 valence electrons. The van der Waals surface area contributed by atoms with Crippen molar-refractivity contribution in [1.82, 2.24) is 14.8 Å². The molecular formula is C23H34N4O3. The Bertz CT molecular complexity index is 868. The van der Waals surface area contributed by atoms with Gasteiger partial charge >= 0.3 is 6.09 Å². The van der Waals surface area contributed by atoms with E-state index in [0.717, 1.165) is 23.5 Å². The van der Waals surface area contributed by atoms with Crippen LogP contribution in [0.25, 0.3) is 6.08 Å². The first-order chi connectivity index (χ1) is 13.9. The molecule has 1 aromatic heterocycles. The summed E-state index contributed by atoms with van der Waals surface area (Å²) in [6, 6.07) is 3.89. The number of aryl methyl sites for hydroxylation is 1. The van der Waals surface area contributed by atoms with Crippen LogP contribution in [0.5, 0.6) is 0 Å². The van der Waals surface area contributed by atoms with Crippen LogP contribution in [0, 0.1) is 31.1 Å². The van der Waals surface area contributed by atoms with Gasteiger partial charge in [-0.1, -0.05) is 13.8 Å². The van der Waals surface area contributed by atoms with E-state index in [-0.39, 0.29) is 17.5 Å². The number of alkyl carbamates (subject to hydrolysis) is 1. The van der Waals surface area contributed by atoms with Crippen LogP contribution in [0.2, 0.25) is 0 Å². The number of ether oxygens (including phenoxy) is 1. The standard InChI is InChI=1S/C23H34N4O3/c1-15(2)13-27-16(3)10-18(17(27)4)11-19(12-24)21(28)26-9-8-20(14-26)25-22(29)30-23(5,6)7/h10-11,15,20H,8-9,13-14H2,1-7H3,(H,25,29)/b19-11-. The van der Waals surface area contributed by atoms with Crippen LogP contribution in [-0.4, -0.2) is 46.2 Å². The third kappa shape index (κ3) is 6.12. The van der Waals surface area contributed by atoms with Crippen molar-refractivity contribution in [3.05, 3.63) is 28.6 Å². The Balaban J connectivity index is 2.09. The van der Waals surface area contributed by atoms with Gasteiger partial charge in [0.05, 0.1) is 6.04 Å². The van der Waals surface area contributed by atoms with Crippen molar-refractivity contribution in [3.63, 3.8) is 0 Å². The van der Waals surface area contributed by atoms with Crippen molar-refractivity contribution in [1.29, 1.82) is 5.26 Å². The summed E-state index contributed by atoms with van der Waals surface area (Å²) in [5, 5.41) is 12.4. The fourth-order valence-electron chi connectivity index (χ4n) is 3.62. The Labute approximate surface area is 179 Å². The lowest BCUT2D eigenvalue weighted by atomic mass is 10.1. The van der Waals surface area contributed by atoms with Gasteiger partial charge in [-0.3, -0.25) is 4.79 Å². The Kier molecular flexibility index (Phi) is 7.35. The molecule has 0 aromatic carbocycles. The summed E-state index contributed by atoms with van der Waals surface area (Å²) in [6.45, 7) is 15.5. The first-order valence-corrected chi connectivity index (χ1v) is 10.5. The molecule has 1 fully saturated rings. The second kappa shape index (κ2) is 9.38. The highest BCUT2D eigenvalue weighted by Crippen LogP contribution is 2.21. The van der Waals surface area contributed by atoms with E-state index in [4.69, 9.17) is 4.74 Å². The van der Waals surface area contributed by atoms with E-state index >= 15 is 0 Å². The monoisotopic (exact) mass is 414 g/mol. The molecule has 30 heavy (non-hydrogen) atoms. The van der Waals surface area contributed by atoms with Gasteiger partial charge in [0.1, 0.15) is 17.2 Å². The van der Waals surface area contributed by atoms with E-state index < -0.39 is 11.7 Å². The van der Waals surface area contributed by atoms with E-state index in [2.05, 4.69) is 29.8 Å². The van der Waals surface area contributed by atoms with Gasteiger partial charge < -0.3 is 19.5 Å². The van der Waals surface area contributed by atoms with Crippen molar-refractivity contribution in [2.24, 2.45) is 5.92 Å². The summed E-state index contributed by atoms with van der Waals surface area (Å²) in [6.07, 6.45) is 1.82. The number of carbonyl (C=O) groups excluding carboxylic acids is 2. The van der Waals surface area contributed by atoms with Crippen LogP contribution in [0.15, 0.2) is 11.6 Å². The molecule has 2 rings (SSSR count). The molecule has 2 amide bonds. The number of likely N-dealkylation sites (tertiary alicyclic amines) is 1. The summed E-state index contributed by atoms with van der Waals surface area (Å²) < 4.78 is 7.49. The highest BCUT2D eigenvalue weighted by molar-refractivity contribution is 6.02. The molecule has 1 aliphatic heterocycles. The minimum Gasteiger partial charge on any atom is -0.444 e. The molecule has 2 heterocycles. The Morgan fingerprint density at radius 1 is 1.37 bits per heavy atom. The Morgan fingerprint density at radius 2 is 2.03 bits per heavy atom. The average molecular weight is 415 g/mol. The molecule has 0 spiro atoms. The van der Waals surface area contributed by atoms with Crippen LogP contribution in [0.1, 0.15) is 58.0 Å². The van der Waals surface area contributed by atoms with Crippen LogP contribution < -0.4 is 5.32 Å². The van der Waals surface area contributed by atoms with Crippen LogP contribution in [0.4, 0.5) is 4.79 Å². The largest absolute Gasteiger partial charge is 0.444 e. The fraction of sp³-hybridized carbons (Fsp3) is 0.609. The highest BCUT2D eigenvalue weighted by Gasteiger charge is 2.30. The molecule has 0 bridgehead atoms. The van der Waals surface area contributed by atoms with E-state index in [1.54, 1.807) is 31.7 Å². The van der Waals surface area contributed by atoms with Crippen LogP contribution >= 0.6 is 0 Å². The van der Waals surface area contributed by atoms with Gasteiger partial charge in [0.25, 0.3) is 5.91 Å². The SMILES string of the molecule is Cc1cc(/C=C(/C#N)C(=O)N2CCC(NC(=O)OC(C)(C)C)C2)c(C)n1CC(C)C. The Hall–Kier alpha value is -2.75. The van der Waals surface area contributed by atoms with Crippen molar-refractivity contribution >= 4 is 18.1 Å². The molecule has 1 aromatic rings. The van der Waals surface area contributed by atoms with Gasteiger partial charge in [0.2, 0.25) is 0 Å². The number of rotatable bonds is 5. The molecule has 1 saturated heterocycles. The second-order valence-corrected chi connectivity index (χ2v) is 9.38. The lowest BCUT2D eigenvalue weighted by Gasteiger charge is -2.22. The van der Waals surface area contributed by atoms with Crippen molar-refractivity contribution in [3.8, 4) is 6.07 Å². The van der Waals surface area contributed by atoms with Gasteiger partial charge in [-0.15, -0.1) is 0 Å². The molecule has 1 unspecified atom stereocenters. The van der Waals surface area contributed by atoms with E-state index in [0.29, 0.717) is 25.4 Å². The molecule has 0 radical (unpaired) electrons. The molecule has 7 heteroatoms. The maximum Gasteiger partial charge on any atom is 0.407 e. The topological polar surface area (TPSA) is 87.4 Å². The molecule has 1 N–H and O–H groups in total. The minimum absolute atomic E-state index is 0.109. The number of carbonyl (C=O) groups is 2. The second-order valence-electron chi connectivity index (χ2n) is 9.38. The Morgan fingerprint density at radius 3 is 2.60 bits per heavy atom. The number of nitrogens with zero attached hydrogens (tertiary/aromatic N) is 3. The molecule has 1 atom stereocenters. The average Bonchev–Trinajstić information content (AvgIpc) is 3.17. The number of amides is 2. The molecular weight excluding hydrogens is 380 g/mol. The summed E-state index contributed by atoms with van der Waals surface area (Å²) in [4.78, 5) is 26.5. The van der Waals surface area contributed by atoms with Gasteiger partial charge in [-0.25, -0.2) is 4.79 Å². The van der Waals surface area contributed by atoms with Crippen molar-refractivity contribution in [2.45, 2.75) is 73.1 Å². The lowest BCUT2D eigenvalue weighted by molar-refractivity contribution is -0.125. The number of nitrogens with one attached hydrogen (secondary N) is 1. The summed E-state index contributed by atoms with van der Waals surface area (Å²) >= 11 is 0. The van der Waals surface area contributed by atoms with E-state index in [9.17, 15) is 14.9 Å². The van der Waals surface area contributed by atoms with Gasteiger partial charge in [0.15, 0.2) is 0 Å². The molecule has 0 aliphatic carbocycles. The van der Waals surface area contributed by atoms with Crippen LogP contribution in [0.3, 0.4) is 0 Å². The summed E-state index contributed by atoms with van der Waals surface area (Å²) in [7, 11) is 0. The third-order valence-corrected chi connectivity index (χ3v) is 5.01. The van der Waals surface area contributed by atoms with Gasteiger partial charge in [-0.2, -0.15) is 5.26 Å². The zero-order valence-electron chi connectivity index (χ0n) is 19.2. The van der Waals surface area contributed by atoms with Crippen LogP contribution in [-0.2, 0) is 16.1 Å².